The Kier molecular flexibility index (Phi) is 7.45. The zero-order chi connectivity index (χ0) is 19.1. The van der Waals surface area contributed by atoms with Gasteiger partial charge in [0.25, 0.3) is 0 Å². The second-order valence-corrected chi connectivity index (χ2v) is 6.76. The van der Waals surface area contributed by atoms with Gasteiger partial charge in [-0.3, -0.25) is 4.79 Å². The normalized spacial score (nSPS) is 13.3. The highest BCUT2D eigenvalue weighted by molar-refractivity contribution is 6.31. The van der Waals surface area contributed by atoms with Gasteiger partial charge in [0.15, 0.2) is 0 Å². The van der Waals surface area contributed by atoms with E-state index in [0.29, 0.717) is 18.0 Å². The van der Waals surface area contributed by atoms with Crippen LogP contribution < -0.4 is 5.32 Å². The van der Waals surface area contributed by atoms with Crippen LogP contribution in [0.2, 0.25) is 5.02 Å². The summed E-state index contributed by atoms with van der Waals surface area (Å²) >= 11 is 6.22. The minimum atomic E-state index is -0.837. The average Bonchev–Trinajstić information content (AvgIpc) is 2.60. The Bertz CT molecular complexity index is 733. The van der Waals surface area contributed by atoms with E-state index in [4.69, 9.17) is 16.7 Å². The van der Waals surface area contributed by atoms with Crippen molar-refractivity contribution in [3.63, 3.8) is 0 Å². The molecular weight excluding hydrogens is 354 g/mol. The molecule has 0 aliphatic rings. The number of aliphatic carboxylic acids is 1. The lowest BCUT2D eigenvalue weighted by Gasteiger charge is -2.21. The van der Waals surface area contributed by atoms with Gasteiger partial charge in [0.05, 0.1) is 6.10 Å². The lowest BCUT2D eigenvalue weighted by molar-refractivity contribution is -0.136. The minimum Gasteiger partial charge on any atom is -0.508 e. The van der Waals surface area contributed by atoms with E-state index in [1.54, 1.807) is 24.3 Å². The number of aliphatic hydroxyl groups excluding tert-OH is 1. The third-order valence-corrected chi connectivity index (χ3v) is 4.67. The molecular formula is C20H24ClNO4. The molecule has 0 aliphatic carbocycles. The molecule has 2 rings (SSSR count). The maximum atomic E-state index is 10.6. The molecule has 2 aromatic carbocycles. The van der Waals surface area contributed by atoms with Crippen LogP contribution in [0.4, 0.5) is 0 Å². The number of phenolic OH excluding ortho intramolecular Hbond substituents is 1. The number of aryl methyl sites for hydroxylation is 1. The largest absolute Gasteiger partial charge is 0.508 e. The second kappa shape index (κ2) is 9.57. The molecule has 0 unspecified atom stereocenters. The third kappa shape index (κ3) is 6.02. The molecule has 5 nitrogen and oxygen atoms in total. The van der Waals surface area contributed by atoms with E-state index in [0.717, 1.165) is 23.1 Å². The van der Waals surface area contributed by atoms with Gasteiger partial charge in [0, 0.05) is 17.5 Å². The molecule has 26 heavy (non-hydrogen) atoms. The van der Waals surface area contributed by atoms with E-state index in [-0.39, 0.29) is 18.2 Å². The van der Waals surface area contributed by atoms with Crippen LogP contribution in [-0.2, 0) is 17.6 Å². The van der Waals surface area contributed by atoms with Gasteiger partial charge in [-0.1, -0.05) is 35.9 Å². The van der Waals surface area contributed by atoms with Gasteiger partial charge in [0.1, 0.15) is 5.75 Å². The monoisotopic (exact) mass is 377 g/mol. The van der Waals surface area contributed by atoms with Crippen LogP contribution in [-0.4, -0.2) is 33.9 Å². The van der Waals surface area contributed by atoms with Crippen LogP contribution in [0.5, 0.6) is 5.75 Å². The van der Waals surface area contributed by atoms with Crippen LogP contribution in [0.1, 0.15) is 36.1 Å². The molecule has 0 bridgehead atoms. The van der Waals surface area contributed by atoms with Crippen molar-refractivity contribution in [1.29, 1.82) is 0 Å². The number of aliphatic hydroxyl groups is 1. The number of carboxylic acid groups (broad SMARTS) is 1. The van der Waals surface area contributed by atoms with Crippen molar-refractivity contribution in [2.24, 2.45) is 0 Å². The van der Waals surface area contributed by atoms with E-state index < -0.39 is 12.1 Å². The van der Waals surface area contributed by atoms with Gasteiger partial charge < -0.3 is 20.6 Å². The number of phenols is 1. The highest BCUT2D eigenvalue weighted by Gasteiger charge is 2.15. The molecule has 0 saturated heterocycles. The molecule has 0 saturated carbocycles. The van der Waals surface area contributed by atoms with Crippen molar-refractivity contribution >= 4 is 17.6 Å². The standard InChI is InChI=1S/C20H24ClNO4/c1-13(20(26)16-4-7-17(23)8-5-16)22-11-10-14-2-3-15(18(21)12-14)6-9-19(24)25/h2-5,7-8,12-13,20,22-23,26H,6,9-11H2,1H3,(H,24,25)/t13-,20-/m0/s1. The molecule has 0 amide bonds. The van der Waals surface area contributed by atoms with Crippen molar-refractivity contribution < 1.29 is 20.1 Å². The number of rotatable bonds is 9. The molecule has 0 fully saturated rings. The summed E-state index contributed by atoms with van der Waals surface area (Å²) in [5.41, 5.74) is 2.63. The van der Waals surface area contributed by atoms with Gasteiger partial charge in [-0.05, 0) is 61.2 Å². The molecule has 0 spiro atoms. The van der Waals surface area contributed by atoms with E-state index in [2.05, 4.69) is 5.32 Å². The Morgan fingerprint density at radius 3 is 2.46 bits per heavy atom. The topological polar surface area (TPSA) is 89.8 Å². The number of benzene rings is 2. The number of carbonyl (C=O) groups is 1. The second-order valence-electron chi connectivity index (χ2n) is 6.35. The van der Waals surface area contributed by atoms with Crippen molar-refractivity contribution in [3.05, 3.63) is 64.2 Å². The average molecular weight is 378 g/mol. The Morgan fingerprint density at radius 2 is 1.85 bits per heavy atom. The van der Waals surface area contributed by atoms with Crippen molar-refractivity contribution in [2.45, 2.75) is 38.3 Å². The van der Waals surface area contributed by atoms with Crippen LogP contribution in [0.15, 0.2) is 42.5 Å². The summed E-state index contributed by atoms with van der Waals surface area (Å²) < 4.78 is 0. The molecule has 0 aliphatic heterocycles. The number of hydrogen-bond donors (Lipinski definition) is 4. The van der Waals surface area contributed by atoms with Gasteiger partial charge in [-0.25, -0.2) is 0 Å². The van der Waals surface area contributed by atoms with Gasteiger partial charge in [-0.2, -0.15) is 0 Å². The maximum Gasteiger partial charge on any atom is 0.303 e. The first kappa shape index (κ1) is 20.2. The Hall–Kier alpha value is -2.08. The lowest BCUT2D eigenvalue weighted by Crippen LogP contribution is -2.33. The fraction of sp³-hybridized carbons (Fsp3) is 0.350. The summed E-state index contributed by atoms with van der Waals surface area (Å²) in [5.74, 6) is -0.666. The van der Waals surface area contributed by atoms with Crippen molar-refractivity contribution in [3.8, 4) is 5.75 Å². The van der Waals surface area contributed by atoms with Crippen LogP contribution >= 0.6 is 11.6 Å². The molecule has 0 aromatic heterocycles. The number of hydrogen-bond acceptors (Lipinski definition) is 4. The summed E-state index contributed by atoms with van der Waals surface area (Å²) in [6, 6.07) is 12.0. The molecule has 2 atom stereocenters. The van der Waals surface area contributed by atoms with Crippen LogP contribution in [0, 0.1) is 0 Å². The quantitative estimate of drug-likeness (QED) is 0.538. The highest BCUT2D eigenvalue weighted by Crippen LogP contribution is 2.21. The summed E-state index contributed by atoms with van der Waals surface area (Å²) in [7, 11) is 0. The summed E-state index contributed by atoms with van der Waals surface area (Å²) in [6.45, 7) is 2.57. The molecule has 140 valence electrons. The van der Waals surface area contributed by atoms with Crippen molar-refractivity contribution in [2.75, 3.05) is 6.54 Å². The van der Waals surface area contributed by atoms with E-state index in [1.165, 1.54) is 0 Å². The van der Waals surface area contributed by atoms with E-state index in [9.17, 15) is 15.0 Å². The first-order chi connectivity index (χ1) is 12.4. The fourth-order valence-electron chi connectivity index (χ4n) is 2.71. The van der Waals surface area contributed by atoms with Crippen molar-refractivity contribution in [1.82, 2.24) is 5.32 Å². The van der Waals surface area contributed by atoms with Gasteiger partial charge >= 0.3 is 5.97 Å². The summed E-state index contributed by atoms with van der Waals surface area (Å²) in [6.07, 6.45) is 0.555. The number of aromatic hydroxyl groups is 1. The molecule has 2 aromatic rings. The number of carboxylic acids is 1. The first-order valence-electron chi connectivity index (χ1n) is 8.56. The van der Waals surface area contributed by atoms with Crippen LogP contribution in [0.25, 0.3) is 0 Å². The molecule has 0 heterocycles. The lowest BCUT2D eigenvalue weighted by atomic mass is 10.0. The van der Waals surface area contributed by atoms with E-state index >= 15 is 0 Å². The number of halogens is 1. The predicted octanol–water partition coefficient (Wildman–Crippen LogP) is 3.32. The summed E-state index contributed by atoms with van der Waals surface area (Å²) in [4.78, 5) is 10.6. The third-order valence-electron chi connectivity index (χ3n) is 4.31. The molecule has 0 radical (unpaired) electrons. The fourth-order valence-corrected chi connectivity index (χ4v) is 3.00. The highest BCUT2D eigenvalue weighted by atomic mass is 35.5. The zero-order valence-corrected chi connectivity index (χ0v) is 15.4. The van der Waals surface area contributed by atoms with Crippen LogP contribution in [0.3, 0.4) is 0 Å². The first-order valence-corrected chi connectivity index (χ1v) is 8.94. The smallest absolute Gasteiger partial charge is 0.303 e. The zero-order valence-electron chi connectivity index (χ0n) is 14.7. The Balaban J connectivity index is 1.83. The minimum absolute atomic E-state index is 0.0628. The van der Waals surface area contributed by atoms with Gasteiger partial charge in [0.2, 0.25) is 0 Å². The SMILES string of the molecule is C[C@H](NCCc1ccc(CCC(=O)O)c(Cl)c1)[C@H](O)c1ccc(O)cc1. The molecule has 6 heteroatoms. The summed E-state index contributed by atoms with van der Waals surface area (Å²) in [5, 5.41) is 32.3. The maximum absolute atomic E-state index is 10.6. The predicted molar refractivity (Wildman–Crippen MR) is 102 cm³/mol. The Labute approximate surface area is 158 Å². The molecule has 4 N–H and O–H groups in total. The van der Waals surface area contributed by atoms with Gasteiger partial charge in [-0.15, -0.1) is 0 Å². The van der Waals surface area contributed by atoms with E-state index in [1.807, 2.05) is 25.1 Å². The number of nitrogens with one attached hydrogen (secondary N) is 1. The Morgan fingerprint density at radius 1 is 1.15 bits per heavy atom.